The molecule has 0 saturated carbocycles. The molecule has 7 heteroatoms. The minimum Gasteiger partial charge on any atom is -0.383 e. The molecule has 0 radical (unpaired) electrons. The maximum atomic E-state index is 10.4. The van der Waals surface area contributed by atoms with Crippen molar-refractivity contribution in [2.75, 3.05) is 16.4 Å². The molecule has 0 saturated heterocycles. The molecule has 1 aromatic carbocycles. The average Bonchev–Trinajstić information content (AvgIpc) is 2.47. The second-order valence-electron chi connectivity index (χ2n) is 5.00. The lowest BCUT2D eigenvalue weighted by atomic mass is 10.0. The Labute approximate surface area is 128 Å². The number of nitrogens with zero attached hydrogens (tertiary/aromatic N) is 2. The van der Waals surface area contributed by atoms with Crippen LogP contribution >= 0.6 is 0 Å². The third-order valence-corrected chi connectivity index (χ3v) is 2.95. The second kappa shape index (κ2) is 6.66. The fourth-order valence-corrected chi connectivity index (χ4v) is 1.97. The van der Waals surface area contributed by atoms with Crippen LogP contribution in [-0.4, -0.2) is 28.1 Å². The molecule has 7 nitrogen and oxygen atoms in total. The number of nitrogen functional groups attached to an aromatic ring is 1. The molecule has 0 spiro atoms. The highest BCUT2D eigenvalue weighted by Gasteiger charge is 2.16. The number of anilines is 3. The van der Waals surface area contributed by atoms with E-state index >= 15 is 0 Å². The topological polar surface area (TPSA) is 117 Å². The molecule has 1 amide bonds. The molecule has 0 aliphatic carbocycles. The second-order valence-corrected chi connectivity index (χ2v) is 5.00. The lowest BCUT2D eigenvalue weighted by molar-refractivity contribution is -0.105. The predicted octanol–water partition coefficient (Wildman–Crippen LogP) is 1.86. The van der Waals surface area contributed by atoms with Gasteiger partial charge in [0.1, 0.15) is 18.0 Å². The molecule has 2 rings (SSSR count). The lowest BCUT2D eigenvalue weighted by Crippen LogP contribution is -2.17. The predicted molar refractivity (Wildman–Crippen MR) is 87.3 cm³/mol. The molecule has 0 atom stereocenters. The van der Waals surface area contributed by atoms with E-state index in [-0.39, 0.29) is 17.6 Å². The van der Waals surface area contributed by atoms with Crippen LogP contribution in [0.4, 0.5) is 17.3 Å². The van der Waals surface area contributed by atoms with Gasteiger partial charge in [-0.15, -0.1) is 0 Å². The number of carbonyl (C=O) groups is 1. The van der Waals surface area contributed by atoms with Crippen LogP contribution in [0.1, 0.15) is 25.0 Å². The molecular weight excluding hydrogens is 280 g/mol. The maximum absolute atomic E-state index is 10.4. The number of hydrogen-bond donors (Lipinski definition) is 4. The van der Waals surface area contributed by atoms with Gasteiger partial charge in [0.25, 0.3) is 0 Å². The molecule has 114 valence electrons. The Hall–Kier alpha value is -2.96. The first-order valence-electron chi connectivity index (χ1n) is 6.79. The van der Waals surface area contributed by atoms with Gasteiger partial charge in [-0.2, -0.15) is 0 Å². The van der Waals surface area contributed by atoms with Crippen LogP contribution in [-0.2, 0) is 4.79 Å². The minimum absolute atomic E-state index is 0.153. The molecule has 0 aliphatic rings. The number of nitrogens with two attached hydrogens (primary N) is 1. The van der Waals surface area contributed by atoms with Gasteiger partial charge in [-0.25, -0.2) is 9.97 Å². The van der Waals surface area contributed by atoms with Crippen molar-refractivity contribution in [3.05, 3.63) is 41.7 Å². The summed E-state index contributed by atoms with van der Waals surface area (Å²) in [5.41, 5.74) is 7.92. The van der Waals surface area contributed by atoms with Gasteiger partial charge in [0.05, 0.1) is 11.3 Å². The molecule has 5 N–H and O–H groups in total. The van der Waals surface area contributed by atoms with Crippen molar-refractivity contribution in [1.82, 2.24) is 9.97 Å². The van der Waals surface area contributed by atoms with E-state index < -0.39 is 0 Å². The molecular formula is C15H18N6O. The monoisotopic (exact) mass is 298 g/mol. The van der Waals surface area contributed by atoms with E-state index in [1.54, 1.807) is 24.3 Å². The van der Waals surface area contributed by atoms with Gasteiger partial charge in [0.2, 0.25) is 6.41 Å². The zero-order chi connectivity index (χ0) is 16.1. The van der Waals surface area contributed by atoms with E-state index in [2.05, 4.69) is 20.6 Å². The first-order valence-corrected chi connectivity index (χ1v) is 6.79. The maximum Gasteiger partial charge on any atom is 0.211 e. The molecule has 1 heterocycles. The third kappa shape index (κ3) is 3.38. The van der Waals surface area contributed by atoms with Crippen molar-refractivity contribution in [3.8, 4) is 0 Å². The van der Waals surface area contributed by atoms with Gasteiger partial charge in [-0.1, -0.05) is 12.1 Å². The van der Waals surface area contributed by atoms with Crippen molar-refractivity contribution in [1.29, 1.82) is 5.41 Å². The van der Waals surface area contributed by atoms with Crippen molar-refractivity contribution in [2.24, 2.45) is 0 Å². The van der Waals surface area contributed by atoms with Crippen LogP contribution in [0.5, 0.6) is 0 Å². The van der Waals surface area contributed by atoms with Crippen molar-refractivity contribution in [2.45, 2.75) is 19.9 Å². The quantitative estimate of drug-likeness (QED) is 0.480. The summed E-state index contributed by atoms with van der Waals surface area (Å²) in [7, 11) is 0. The van der Waals surface area contributed by atoms with Crippen LogP contribution in [0.25, 0.3) is 0 Å². The smallest absolute Gasteiger partial charge is 0.211 e. The van der Waals surface area contributed by atoms with Crippen LogP contribution in [0.15, 0.2) is 30.6 Å². The molecule has 22 heavy (non-hydrogen) atoms. The Kier molecular flexibility index (Phi) is 4.67. The highest BCUT2D eigenvalue weighted by molar-refractivity contribution is 6.16. The average molecular weight is 298 g/mol. The number of carbonyl (C=O) groups excluding carboxylic acids is 1. The van der Waals surface area contributed by atoms with Gasteiger partial charge in [0.15, 0.2) is 0 Å². The van der Waals surface area contributed by atoms with Gasteiger partial charge < -0.3 is 16.4 Å². The Balaban J connectivity index is 2.38. The minimum atomic E-state index is 0.153. The Morgan fingerprint density at radius 1 is 1.27 bits per heavy atom. The summed E-state index contributed by atoms with van der Waals surface area (Å²) in [5.74, 6) is 0.779. The summed E-state index contributed by atoms with van der Waals surface area (Å²) in [6, 6.07) is 7.06. The molecule has 1 aromatic heterocycles. The lowest BCUT2D eigenvalue weighted by Gasteiger charge is -2.15. The van der Waals surface area contributed by atoms with Crippen LogP contribution in [0, 0.1) is 5.41 Å². The van der Waals surface area contributed by atoms with Crippen LogP contribution < -0.4 is 16.4 Å². The Morgan fingerprint density at radius 3 is 2.55 bits per heavy atom. The molecule has 0 bridgehead atoms. The Bertz CT molecular complexity index is 681. The van der Waals surface area contributed by atoms with E-state index in [9.17, 15) is 4.79 Å². The first-order chi connectivity index (χ1) is 10.5. The standard InChI is InChI=1S/C15H18N6O/c1-9(2)21-15-12(14(17)18-7-19-15)13(16)10-3-5-11(6-4-10)20-8-22/h3-9,16H,1-2H3,(H,20,22)(H3,17,18,19,21). The number of amides is 1. The van der Waals surface area contributed by atoms with E-state index in [4.69, 9.17) is 11.1 Å². The summed E-state index contributed by atoms with van der Waals surface area (Å²) in [6.45, 7) is 3.96. The molecule has 2 aromatic rings. The molecule has 0 aliphatic heterocycles. The summed E-state index contributed by atoms with van der Waals surface area (Å²) in [5, 5.41) is 14.1. The van der Waals surface area contributed by atoms with E-state index in [0.717, 1.165) is 0 Å². The van der Waals surface area contributed by atoms with Gasteiger partial charge in [-0.3, -0.25) is 10.2 Å². The first kappa shape index (κ1) is 15.4. The zero-order valence-electron chi connectivity index (χ0n) is 12.4. The number of nitrogens with one attached hydrogen (secondary N) is 3. The SMILES string of the molecule is CC(C)Nc1ncnc(N)c1C(=N)c1ccc(NC=O)cc1. The highest BCUT2D eigenvalue weighted by atomic mass is 16.1. The van der Waals surface area contributed by atoms with Crippen molar-refractivity contribution in [3.63, 3.8) is 0 Å². The van der Waals surface area contributed by atoms with Gasteiger partial charge in [-0.05, 0) is 26.0 Å². The van der Waals surface area contributed by atoms with Gasteiger partial charge in [0, 0.05) is 17.3 Å². The van der Waals surface area contributed by atoms with E-state index in [1.165, 1.54) is 6.33 Å². The third-order valence-electron chi connectivity index (χ3n) is 2.95. The highest BCUT2D eigenvalue weighted by Crippen LogP contribution is 2.22. The van der Waals surface area contributed by atoms with Crippen LogP contribution in [0.2, 0.25) is 0 Å². The summed E-state index contributed by atoms with van der Waals surface area (Å²) in [6.07, 6.45) is 1.97. The van der Waals surface area contributed by atoms with Crippen LogP contribution in [0.3, 0.4) is 0 Å². The number of aromatic nitrogens is 2. The number of hydrogen-bond acceptors (Lipinski definition) is 6. The summed E-state index contributed by atoms with van der Waals surface area (Å²) in [4.78, 5) is 18.6. The zero-order valence-corrected chi connectivity index (χ0v) is 12.4. The van der Waals surface area contributed by atoms with Gasteiger partial charge >= 0.3 is 0 Å². The molecule has 0 fully saturated rings. The summed E-state index contributed by atoms with van der Waals surface area (Å²) >= 11 is 0. The Morgan fingerprint density at radius 2 is 1.95 bits per heavy atom. The largest absolute Gasteiger partial charge is 0.383 e. The van der Waals surface area contributed by atoms with E-state index in [1.807, 2.05) is 13.8 Å². The number of rotatable bonds is 6. The fourth-order valence-electron chi connectivity index (χ4n) is 1.97. The summed E-state index contributed by atoms with van der Waals surface area (Å²) < 4.78 is 0. The fraction of sp³-hybridized carbons (Fsp3) is 0.200. The van der Waals surface area contributed by atoms with Crippen molar-refractivity contribution >= 4 is 29.4 Å². The molecule has 0 unspecified atom stereocenters. The normalized spacial score (nSPS) is 10.3. The number of benzene rings is 1. The van der Waals surface area contributed by atoms with E-state index in [0.29, 0.717) is 29.0 Å². The van der Waals surface area contributed by atoms with Crippen molar-refractivity contribution < 1.29 is 4.79 Å².